The number of rotatable bonds is 5. The van der Waals surface area contributed by atoms with Crippen LogP contribution < -0.4 is 5.32 Å². The number of hydrogen-bond acceptors (Lipinski definition) is 4. The number of nitrogens with zero attached hydrogens (tertiary/aromatic N) is 2. The molecule has 1 heterocycles. The van der Waals surface area contributed by atoms with Crippen molar-refractivity contribution in [3.05, 3.63) is 24.4 Å². The third-order valence-corrected chi connectivity index (χ3v) is 2.40. The molecular weight excluding hydrogens is 262 g/mol. The molecule has 0 aliphatic rings. The maximum atomic E-state index is 11.5. The van der Waals surface area contributed by atoms with Crippen molar-refractivity contribution in [1.29, 1.82) is 0 Å². The van der Waals surface area contributed by atoms with Gasteiger partial charge in [-0.3, -0.25) is 10.1 Å². The predicted molar refractivity (Wildman–Crippen MR) is 73.7 cm³/mol. The molecule has 7 heteroatoms. The molecule has 0 bridgehead atoms. The second-order valence-electron chi connectivity index (χ2n) is 5.23. The first-order chi connectivity index (χ1) is 9.24. The molecule has 7 nitrogen and oxygen atoms in total. The molecule has 2 N–H and O–H groups in total. The summed E-state index contributed by atoms with van der Waals surface area (Å²) in [5, 5.41) is 15.5. The van der Waals surface area contributed by atoms with E-state index >= 15 is 0 Å². The third kappa shape index (κ3) is 4.42. The zero-order valence-electron chi connectivity index (χ0n) is 11.8. The molecule has 0 saturated carbocycles. The molecule has 1 rings (SSSR count). The largest absolute Gasteiger partial charge is 0.480 e. The van der Waals surface area contributed by atoms with Gasteiger partial charge in [-0.15, -0.1) is 0 Å². The summed E-state index contributed by atoms with van der Waals surface area (Å²) in [5.74, 6) is -0.762. The van der Waals surface area contributed by atoms with E-state index in [1.807, 2.05) is 20.8 Å². The van der Waals surface area contributed by atoms with Crippen LogP contribution in [0, 0.1) is 0 Å². The van der Waals surface area contributed by atoms with Crippen LogP contribution in [0.5, 0.6) is 0 Å². The topological polar surface area (TPSA) is 93.5 Å². The van der Waals surface area contributed by atoms with Crippen LogP contribution in [0.1, 0.15) is 26.5 Å². The fraction of sp³-hybridized carbons (Fsp3) is 0.462. The van der Waals surface area contributed by atoms with E-state index in [1.54, 1.807) is 6.07 Å². The highest BCUT2D eigenvalue weighted by Crippen LogP contribution is 2.24. The Morgan fingerprint density at radius 3 is 2.70 bits per heavy atom. The molecule has 0 saturated heterocycles. The van der Waals surface area contributed by atoms with Crippen LogP contribution in [-0.2, 0) is 21.5 Å². The van der Waals surface area contributed by atoms with Gasteiger partial charge in [0, 0.05) is 11.5 Å². The lowest BCUT2D eigenvalue weighted by Gasteiger charge is -2.13. The molecule has 0 aliphatic carbocycles. The Hall–Kier alpha value is -2.31. The van der Waals surface area contributed by atoms with Gasteiger partial charge in [0.2, 0.25) is 0 Å². The number of carboxylic acid groups (broad SMARTS) is 1. The van der Waals surface area contributed by atoms with E-state index in [1.165, 1.54) is 10.8 Å². The monoisotopic (exact) mass is 281 g/mol. The van der Waals surface area contributed by atoms with E-state index < -0.39 is 12.1 Å². The van der Waals surface area contributed by atoms with Gasteiger partial charge in [-0.25, -0.2) is 9.48 Å². The molecule has 0 spiro atoms. The van der Waals surface area contributed by atoms with Crippen molar-refractivity contribution >= 4 is 17.9 Å². The van der Waals surface area contributed by atoms with Crippen LogP contribution in [0.25, 0.3) is 0 Å². The van der Waals surface area contributed by atoms with Gasteiger partial charge in [0.05, 0.1) is 5.69 Å². The second-order valence-corrected chi connectivity index (χ2v) is 5.23. The maximum absolute atomic E-state index is 11.5. The van der Waals surface area contributed by atoms with Crippen LogP contribution in [0.3, 0.4) is 0 Å². The molecule has 110 valence electrons. The highest BCUT2D eigenvalue weighted by atomic mass is 16.5. The number of nitrogens with one attached hydrogen (secondary N) is 1. The third-order valence-electron chi connectivity index (χ3n) is 2.40. The summed E-state index contributed by atoms with van der Waals surface area (Å²) >= 11 is 0. The number of carbonyl (C=O) groups excluding carboxylic acids is 1. The molecule has 0 atom stereocenters. The van der Waals surface area contributed by atoms with Crippen molar-refractivity contribution in [2.75, 3.05) is 11.9 Å². The standard InChI is InChI=1S/C13H19N3O4/c1-5-6-20-12(19)14-10-7-9(13(2,3)4)15-16(10)8-11(17)18/h5,7H,1,6,8H2,2-4H3,(H,14,19)(H,17,18). The fourth-order valence-corrected chi connectivity index (χ4v) is 1.41. The Labute approximate surface area is 117 Å². The summed E-state index contributed by atoms with van der Waals surface area (Å²) in [7, 11) is 0. The van der Waals surface area contributed by atoms with Gasteiger partial charge >= 0.3 is 12.1 Å². The number of carbonyl (C=O) groups is 2. The molecule has 1 amide bonds. The molecule has 1 aromatic rings. The van der Waals surface area contributed by atoms with Crippen molar-refractivity contribution in [1.82, 2.24) is 9.78 Å². The van der Waals surface area contributed by atoms with Crippen molar-refractivity contribution in [2.24, 2.45) is 0 Å². The Kier molecular flexibility index (Phi) is 4.90. The first-order valence-electron chi connectivity index (χ1n) is 6.09. The molecule has 0 aliphatic heterocycles. The molecule has 1 aromatic heterocycles. The summed E-state index contributed by atoms with van der Waals surface area (Å²) < 4.78 is 6.01. The first-order valence-corrected chi connectivity index (χ1v) is 6.09. The van der Waals surface area contributed by atoms with Gasteiger partial charge in [-0.1, -0.05) is 33.4 Å². The van der Waals surface area contributed by atoms with Gasteiger partial charge in [0.15, 0.2) is 0 Å². The van der Waals surface area contributed by atoms with E-state index in [2.05, 4.69) is 17.0 Å². The van der Waals surface area contributed by atoms with Crippen molar-refractivity contribution in [3.8, 4) is 0 Å². The summed E-state index contributed by atoms with van der Waals surface area (Å²) in [6.07, 6.45) is 0.756. The number of amides is 1. The number of hydrogen-bond donors (Lipinski definition) is 2. The lowest BCUT2D eigenvalue weighted by molar-refractivity contribution is -0.137. The number of aliphatic carboxylic acids is 1. The highest BCUT2D eigenvalue weighted by molar-refractivity contribution is 5.84. The quantitative estimate of drug-likeness (QED) is 0.805. The van der Waals surface area contributed by atoms with Gasteiger partial charge in [-0.2, -0.15) is 5.10 Å². The Morgan fingerprint density at radius 1 is 1.55 bits per heavy atom. The zero-order chi connectivity index (χ0) is 15.3. The normalized spacial score (nSPS) is 10.9. The molecule has 0 unspecified atom stereocenters. The van der Waals surface area contributed by atoms with Crippen molar-refractivity contribution in [2.45, 2.75) is 32.7 Å². The van der Waals surface area contributed by atoms with E-state index in [4.69, 9.17) is 9.84 Å². The zero-order valence-corrected chi connectivity index (χ0v) is 11.8. The Morgan fingerprint density at radius 2 is 2.20 bits per heavy atom. The fourth-order valence-electron chi connectivity index (χ4n) is 1.41. The Bertz CT molecular complexity index is 514. The van der Waals surface area contributed by atoms with Crippen LogP contribution in [0.4, 0.5) is 10.6 Å². The van der Waals surface area contributed by atoms with E-state index in [0.29, 0.717) is 5.69 Å². The van der Waals surface area contributed by atoms with Gasteiger partial charge in [-0.05, 0) is 0 Å². The summed E-state index contributed by atoms with van der Waals surface area (Å²) in [5.41, 5.74) is 0.420. The average molecular weight is 281 g/mol. The van der Waals surface area contributed by atoms with E-state index in [-0.39, 0.29) is 24.4 Å². The number of aromatic nitrogens is 2. The molecule has 20 heavy (non-hydrogen) atoms. The van der Waals surface area contributed by atoms with Crippen LogP contribution >= 0.6 is 0 Å². The van der Waals surface area contributed by atoms with Crippen molar-refractivity contribution in [3.63, 3.8) is 0 Å². The van der Waals surface area contributed by atoms with E-state index in [0.717, 1.165) is 0 Å². The SMILES string of the molecule is C=CCOC(=O)Nc1cc(C(C)(C)C)nn1CC(=O)O. The van der Waals surface area contributed by atoms with E-state index in [9.17, 15) is 9.59 Å². The molecular formula is C13H19N3O4. The smallest absolute Gasteiger partial charge is 0.413 e. The highest BCUT2D eigenvalue weighted by Gasteiger charge is 2.21. The van der Waals surface area contributed by atoms with Gasteiger partial charge < -0.3 is 9.84 Å². The number of anilines is 1. The summed E-state index contributed by atoms with van der Waals surface area (Å²) in [6, 6.07) is 1.64. The minimum Gasteiger partial charge on any atom is -0.480 e. The van der Waals surface area contributed by atoms with Crippen LogP contribution in [-0.4, -0.2) is 33.6 Å². The Balaban J connectivity index is 2.97. The van der Waals surface area contributed by atoms with Gasteiger partial charge in [0.1, 0.15) is 19.0 Å². The predicted octanol–water partition coefficient (Wildman–Crippen LogP) is 2.00. The maximum Gasteiger partial charge on any atom is 0.413 e. The lowest BCUT2D eigenvalue weighted by atomic mass is 9.92. The average Bonchev–Trinajstić information content (AvgIpc) is 2.68. The minimum absolute atomic E-state index is 0.0744. The second kappa shape index (κ2) is 6.23. The summed E-state index contributed by atoms with van der Waals surface area (Å²) in [6.45, 7) is 9.00. The number of ether oxygens (including phenoxy) is 1. The van der Waals surface area contributed by atoms with Crippen LogP contribution in [0.15, 0.2) is 18.7 Å². The minimum atomic E-state index is -1.05. The molecule has 0 radical (unpaired) electrons. The number of carboxylic acids is 1. The lowest BCUT2D eigenvalue weighted by Crippen LogP contribution is -2.19. The van der Waals surface area contributed by atoms with Crippen molar-refractivity contribution < 1.29 is 19.4 Å². The first kappa shape index (κ1) is 15.7. The summed E-state index contributed by atoms with van der Waals surface area (Å²) in [4.78, 5) is 22.3. The molecule has 0 fully saturated rings. The van der Waals surface area contributed by atoms with Gasteiger partial charge in [0.25, 0.3) is 0 Å². The van der Waals surface area contributed by atoms with Crippen LogP contribution in [0.2, 0.25) is 0 Å². The molecule has 0 aromatic carbocycles.